The van der Waals surface area contributed by atoms with Crippen molar-refractivity contribution in [3.05, 3.63) is 41.1 Å². The van der Waals surface area contributed by atoms with Gasteiger partial charge in [-0.1, -0.05) is 11.6 Å². The maximum atomic E-state index is 14.2. The molecule has 1 saturated heterocycles. The smallest absolute Gasteiger partial charge is 0.317 e. The van der Waals surface area contributed by atoms with Crippen LogP contribution in [-0.4, -0.2) is 66.4 Å². The molecular weight excluding hydrogens is 517 g/mol. The quantitative estimate of drug-likeness (QED) is 0.480. The van der Waals surface area contributed by atoms with Gasteiger partial charge in [0.05, 0.1) is 37.7 Å². The molecule has 0 aromatic carbocycles. The molecule has 3 amide bonds. The highest BCUT2D eigenvalue weighted by molar-refractivity contribution is 5.93. The number of nitrogens with one attached hydrogen (secondary N) is 2. The lowest BCUT2D eigenvalue weighted by atomic mass is 9.97. The van der Waals surface area contributed by atoms with Crippen LogP contribution in [0.3, 0.4) is 0 Å². The van der Waals surface area contributed by atoms with Crippen LogP contribution in [0.15, 0.2) is 23.1 Å². The SMILES string of the molecule is CC1(F)CNC(=O)N(Cc2cnn3cc(CNC(=O)c4nonc4C4CC4)nc3c2)C1.FC1(F)CCCCC1. The van der Waals surface area contributed by atoms with Crippen LogP contribution < -0.4 is 10.6 Å². The van der Waals surface area contributed by atoms with Gasteiger partial charge in [0.15, 0.2) is 11.3 Å². The van der Waals surface area contributed by atoms with E-state index in [0.717, 1.165) is 24.8 Å². The molecule has 0 spiro atoms. The standard InChI is InChI=1S/C19H21FN8O3.C6H10F2/c1-19(20)9-22-18(30)27(10-19)7-11-4-14-24-13(8-28(14)23-5-11)6-21-17(29)16-15(12-2-3-12)25-31-26-16;7-6(8)4-2-1-3-5-6/h4-5,8,12H,2-3,6-7,9-10H2,1H3,(H,21,29)(H,22,30);1-5H2. The lowest BCUT2D eigenvalue weighted by Crippen LogP contribution is -2.57. The number of amides is 3. The molecule has 2 saturated carbocycles. The molecule has 0 bridgehead atoms. The summed E-state index contributed by atoms with van der Waals surface area (Å²) in [6.45, 7) is 1.87. The van der Waals surface area contributed by atoms with Gasteiger partial charge < -0.3 is 15.5 Å². The Morgan fingerprint density at radius 2 is 1.97 bits per heavy atom. The van der Waals surface area contributed by atoms with Crippen LogP contribution in [0.2, 0.25) is 0 Å². The average Bonchev–Trinajstić information content (AvgIpc) is 3.46. The molecule has 3 aromatic rings. The van der Waals surface area contributed by atoms with E-state index in [1.54, 1.807) is 23.0 Å². The van der Waals surface area contributed by atoms with Crippen molar-refractivity contribution in [3.8, 4) is 0 Å². The van der Waals surface area contributed by atoms with E-state index in [2.05, 4.69) is 31.0 Å². The van der Waals surface area contributed by atoms with Crippen molar-refractivity contribution in [1.82, 2.24) is 40.4 Å². The number of alkyl halides is 3. The Hall–Kier alpha value is -3.71. The Bertz CT molecular complexity index is 1330. The van der Waals surface area contributed by atoms with E-state index in [9.17, 15) is 22.8 Å². The number of nitrogens with zero attached hydrogens (tertiary/aromatic N) is 6. The molecule has 3 fully saturated rings. The monoisotopic (exact) mass is 548 g/mol. The molecule has 1 aliphatic heterocycles. The number of rotatable bonds is 6. The van der Waals surface area contributed by atoms with E-state index < -0.39 is 11.6 Å². The van der Waals surface area contributed by atoms with Gasteiger partial charge in [0.1, 0.15) is 11.4 Å². The number of hydrogen-bond donors (Lipinski definition) is 2. The molecule has 0 radical (unpaired) electrons. The van der Waals surface area contributed by atoms with Gasteiger partial charge in [-0.05, 0) is 49.4 Å². The normalized spacial score (nSPS) is 22.7. The largest absolute Gasteiger partial charge is 0.345 e. The van der Waals surface area contributed by atoms with E-state index >= 15 is 0 Å². The third-order valence-electron chi connectivity index (χ3n) is 6.92. The second-order valence-electron chi connectivity index (χ2n) is 10.7. The summed E-state index contributed by atoms with van der Waals surface area (Å²) in [5.74, 6) is -2.43. The first-order valence-corrected chi connectivity index (χ1v) is 13.1. The highest BCUT2D eigenvalue weighted by atomic mass is 19.3. The zero-order chi connectivity index (χ0) is 27.6. The summed E-state index contributed by atoms with van der Waals surface area (Å²) in [6.07, 6.45) is 7.94. The highest BCUT2D eigenvalue weighted by Crippen LogP contribution is 2.40. The van der Waals surface area contributed by atoms with Crippen LogP contribution in [0.5, 0.6) is 0 Å². The minimum atomic E-state index is -2.32. The molecule has 1 unspecified atom stereocenters. The topological polar surface area (TPSA) is 131 Å². The Balaban J connectivity index is 0.000000332. The molecule has 4 heterocycles. The maximum Gasteiger partial charge on any atom is 0.317 e. The van der Waals surface area contributed by atoms with E-state index in [-0.39, 0.29) is 62.6 Å². The van der Waals surface area contributed by atoms with Gasteiger partial charge in [0, 0.05) is 25.3 Å². The predicted molar refractivity (Wildman–Crippen MR) is 132 cm³/mol. The first-order valence-electron chi connectivity index (χ1n) is 13.1. The summed E-state index contributed by atoms with van der Waals surface area (Å²) in [5.41, 5.74) is 1.22. The fourth-order valence-corrected chi connectivity index (χ4v) is 4.68. The van der Waals surface area contributed by atoms with Gasteiger partial charge in [-0.2, -0.15) is 5.10 Å². The number of carbonyl (C=O) groups excluding carboxylic acids is 2. The van der Waals surface area contributed by atoms with Crippen molar-refractivity contribution in [2.45, 2.75) is 82.5 Å². The van der Waals surface area contributed by atoms with Crippen molar-refractivity contribution < 1.29 is 27.4 Å². The summed E-state index contributed by atoms with van der Waals surface area (Å²) in [6, 6.07) is 1.47. The predicted octanol–water partition coefficient (Wildman–Crippen LogP) is 3.76. The first kappa shape index (κ1) is 26.9. The molecule has 14 heteroatoms. The zero-order valence-electron chi connectivity index (χ0n) is 21.6. The number of carbonyl (C=O) groups is 2. The van der Waals surface area contributed by atoms with Crippen molar-refractivity contribution in [2.75, 3.05) is 13.1 Å². The van der Waals surface area contributed by atoms with Gasteiger partial charge in [-0.3, -0.25) is 4.79 Å². The molecule has 6 rings (SSSR count). The fraction of sp³-hybridized carbons (Fsp3) is 0.600. The van der Waals surface area contributed by atoms with E-state index in [4.69, 9.17) is 4.63 Å². The number of hydrogen-bond acceptors (Lipinski definition) is 7. The fourth-order valence-electron chi connectivity index (χ4n) is 4.68. The van der Waals surface area contributed by atoms with Crippen LogP contribution in [0.4, 0.5) is 18.0 Å². The number of halogens is 3. The molecule has 2 aliphatic carbocycles. The Morgan fingerprint density at radius 3 is 2.67 bits per heavy atom. The summed E-state index contributed by atoms with van der Waals surface area (Å²) >= 11 is 0. The van der Waals surface area contributed by atoms with E-state index in [1.165, 1.54) is 11.8 Å². The highest BCUT2D eigenvalue weighted by Gasteiger charge is 2.35. The second-order valence-corrected chi connectivity index (χ2v) is 10.7. The lowest BCUT2D eigenvalue weighted by molar-refractivity contribution is -0.0337. The van der Waals surface area contributed by atoms with Crippen LogP contribution in [0.25, 0.3) is 5.65 Å². The Kier molecular flexibility index (Phi) is 7.45. The summed E-state index contributed by atoms with van der Waals surface area (Å²) in [5, 5.41) is 17.2. The minimum Gasteiger partial charge on any atom is -0.345 e. The molecule has 39 heavy (non-hydrogen) atoms. The number of aromatic nitrogens is 5. The van der Waals surface area contributed by atoms with Crippen LogP contribution in [-0.2, 0) is 13.1 Å². The van der Waals surface area contributed by atoms with Gasteiger partial charge in [-0.15, -0.1) is 0 Å². The van der Waals surface area contributed by atoms with Crippen LogP contribution in [0.1, 0.15) is 85.2 Å². The molecule has 1 atom stereocenters. The van der Waals surface area contributed by atoms with Crippen LogP contribution >= 0.6 is 0 Å². The maximum absolute atomic E-state index is 14.2. The average molecular weight is 549 g/mol. The van der Waals surface area contributed by atoms with E-state index in [0.29, 0.717) is 29.9 Å². The third-order valence-corrected chi connectivity index (χ3v) is 6.92. The van der Waals surface area contributed by atoms with Crippen molar-refractivity contribution in [3.63, 3.8) is 0 Å². The van der Waals surface area contributed by atoms with Crippen molar-refractivity contribution in [2.24, 2.45) is 0 Å². The molecule has 210 valence electrons. The zero-order valence-corrected chi connectivity index (χ0v) is 21.6. The van der Waals surface area contributed by atoms with Crippen molar-refractivity contribution in [1.29, 1.82) is 0 Å². The van der Waals surface area contributed by atoms with Gasteiger partial charge in [0.2, 0.25) is 5.92 Å². The lowest BCUT2D eigenvalue weighted by Gasteiger charge is -2.35. The van der Waals surface area contributed by atoms with Gasteiger partial charge in [0.25, 0.3) is 5.91 Å². The van der Waals surface area contributed by atoms with Crippen LogP contribution in [0, 0.1) is 0 Å². The molecule has 2 N–H and O–H groups in total. The molecule has 3 aliphatic rings. The molecule has 11 nitrogen and oxygen atoms in total. The molecular formula is C25H31F3N8O3. The number of imidazole rings is 1. The minimum absolute atomic E-state index is 0.00150. The summed E-state index contributed by atoms with van der Waals surface area (Å²) < 4.78 is 44.9. The number of fused-ring (bicyclic) bond motifs is 1. The van der Waals surface area contributed by atoms with Gasteiger partial charge in [-0.25, -0.2) is 32.1 Å². The molecule has 3 aromatic heterocycles. The second kappa shape index (κ2) is 10.8. The van der Waals surface area contributed by atoms with Crippen molar-refractivity contribution >= 4 is 17.6 Å². The third kappa shape index (κ3) is 6.84. The first-order chi connectivity index (χ1) is 18.6. The summed E-state index contributed by atoms with van der Waals surface area (Å²) in [7, 11) is 0. The van der Waals surface area contributed by atoms with E-state index in [1.807, 2.05) is 0 Å². The van der Waals surface area contributed by atoms with Gasteiger partial charge >= 0.3 is 6.03 Å². The Labute approximate surface area is 222 Å². The Morgan fingerprint density at radius 1 is 1.21 bits per heavy atom. The summed E-state index contributed by atoms with van der Waals surface area (Å²) in [4.78, 5) is 30.3. The number of urea groups is 1.